The van der Waals surface area contributed by atoms with Crippen molar-refractivity contribution in [2.24, 2.45) is 5.92 Å². The van der Waals surface area contributed by atoms with Crippen LogP contribution in [-0.2, 0) is 4.79 Å². The van der Waals surface area contributed by atoms with Crippen molar-refractivity contribution in [3.05, 3.63) is 0 Å². The fourth-order valence-electron chi connectivity index (χ4n) is 4.71. The Hall–Kier alpha value is -0.530. The zero-order valence-corrected chi connectivity index (χ0v) is 22.3. The lowest BCUT2D eigenvalue weighted by Crippen LogP contribution is -2.08. The van der Waals surface area contributed by atoms with E-state index in [4.69, 9.17) is 5.11 Å². The number of aliphatic carboxylic acids is 1. The molecular weight excluding hydrogens is 392 g/mol. The first kappa shape index (κ1) is 31.5. The molecule has 192 valence electrons. The smallest absolute Gasteiger partial charge is 0.306 e. The Morgan fingerprint density at radius 1 is 0.469 bits per heavy atom. The van der Waals surface area contributed by atoms with Gasteiger partial charge < -0.3 is 5.11 Å². The van der Waals surface area contributed by atoms with Gasteiger partial charge in [-0.3, -0.25) is 4.79 Å². The minimum Gasteiger partial charge on any atom is -0.481 e. The highest BCUT2D eigenvalue weighted by Crippen LogP contribution is 2.16. The highest BCUT2D eigenvalue weighted by atomic mass is 16.4. The molecule has 0 saturated heterocycles. The van der Waals surface area contributed by atoms with Gasteiger partial charge in [0.2, 0.25) is 0 Å². The van der Waals surface area contributed by atoms with E-state index in [0.717, 1.165) is 12.8 Å². The molecule has 32 heavy (non-hydrogen) atoms. The molecule has 0 rings (SSSR count). The van der Waals surface area contributed by atoms with Crippen LogP contribution in [-0.4, -0.2) is 11.1 Å². The van der Waals surface area contributed by atoms with E-state index >= 15 is 0 Å². The van der Waals surface area contributed by atoms with Gasteiger partial charge in [-0.1, -0.05) is 174 Å². The van der Waals surface area contributed by atoms with Gasteiger partial charge in [-0.15, -0.1) is 0 Å². The SMILES string of the molecule is CCCCCCCCCCCCCCCCCCCCCCCCCCCC(C)C(=O)O. The van der Waals surface area contributed by atoms with Crippen molar-refractivity contribution in [1.29, 1.82) is 0 Å². The molecule has 0 aliphatic rings. The first-order valence-corrected chi connectivity index (χ1v) is 14.9. The number of carbonyl (C=O) groups is 1. The number of carboxylic acid groups (broad SMARTS) is 1. The minimum absolute atomic E-state index is 0.167. The second kappa shape index (κ2) is 26.7. The van der Waals surface area contributed by atoms with Crippen molar-refractivity contribution < 1.29 is 9.90 Å². The van der Waals surface area contributed by atoms with Gasteiger partial charge in [0.05, 0.1) is 5.92 Å². The van der Waals surface area contributed by atoms with Crippen LogP contribution < -0.4 is 0 Å². The second-order valence-electron chi connectivity index (χ2n) is 10.5. The molecule has 0 aliphatic heterocycles. The molecule has 0 aromatic rings. The van der Waals surface area contributed by atoms with Gasteiger partial charge in [-0.2, -0.15) is 0 Å². The molecule has 0 saturated carbocycles. The van der Waals surface area contributed by atoms with Crippen molar-refractivity contribution in [3.8, 4) is 0 Å². The molecule has 1 unspecified atom stereocenters. The van der Waals surface area contributed by atoms with Gasteiger partial charge in [0.15, 0.2) is 0 Å². The molecular formula is C30H60O2. The highest BCUT2D eigenvalue weighted by molar-refractivity contribution is 5.69. The van der Waals surface area contributed by atoms with E-state index in [1.807, 2.05) is 6.92 Å². The van der Waals surface area contributed by atoms with Gasteiger partial charge in [-0.05, 0) is 6.42 Å². The molecule has 0 aromatic carbocycles. The molecule has 0 heterocycles. The lowest BCUT2D eigenvalue weighted by Gasteiger charge is -2.06. The number of rotatable bonds is 27. The zero-order chi connectivity index (χ0) is 23.5. The number of unbranched alkanes of at least 4 members (excludes halogenated alkanes) is 24. The minimum atomic E-state index is -0.644. The van der Waals surface area contributed by atoms with Gasteiger partial charge in [0.1, 0.15) is 0 Å². The molecule has 0 fully saturated rings. The summed E-state index contributed by atoms with van der Waals surface area (Å²) in [6.07, 6.45) is 36.1. The average molecular weight is 453 g/mol. The molecule has 2 nitrogen and oxygen atoms in total. The van der Waals surface area contributed by atoms with E-state index < -0.39 is 5.97 Å². The van der Waals surface area contributed by atoms with E-state index in [-0.39, 0.29) is 5.92 Å². The molecule has 1 atom stereocenters. The predicted octanol–water partition coefficient (Wildman–Crippen LogP) is 10.9. The van der Waals surface area contributed by atoms with E-state index in [2.05, 4.69) is 6.92 Å². The Balaban J connectivity index is 3.04. The van der Waals surface area contributed by atoms with Crippen molar-refractivity contribution in [2.75, 3.05) is 0 Å². The lowest BCUT2D eigenvalue weighted by molar-refractivity contribution is -0.141. The summed E-state index contributed by atoms with van der Waals surface area (Å²) in [5, 5.41) is 8.87. The van der Waals surface area contributed by atoms with Crippen LogP contribution in [0.4, 0.5) is 0 Å². The van der Waals surface area contributed by atoms with Crippen LogP contribution in [0.1, 0.15) is 181 Å². The molecule has 0 aliphatic carbocycles. The van der Waals surface area contributed by atoms with Gasteiger partial charge in [-0.25, -0.2) is 0 Å². The molecule has 1 N–H and O–H groups in total. The maximum absolute atomic E-state index is 10.8. The van der Waals surface area contributed by atoms with Crippen LogP contribution in [0.15, 0.2) is 0 Å². The normalized spacial score (nSPS) is 12.3. The predicted molar refractivity (Wildman–Crippen MR) is 143 cm³/mol. The summed E-state index contributed by atoms with van der Waals surface area (Å²) >= 11 is 0. The highest BCUT2D eigenvalue weighted by Gasteiger charge is 2.09. The number of carboxylic acids is 1. The molecule has 2 heteroatoms. The summed E-state index contributed by atoms with van der Waals surface area (Å²) in [5.74, 6) is -0.811. The fourth-order valence-corrected chi connectivity index (χ4v) is 4.71. The molecule has 0 spiro atoms. The van der Waals surface area contributed by atoms with Gasteiger partial charge >= 0.3 is 5.97 Å². The summed E-state index contributed by atoms with van der Waals surface area (Å²) in [4.78, 5) is 10.8. The van der Waals surface area contributed by atoms with Crippen LogP contribution in [0.5, 0.6) is 0 Å². The molecule has 0 radical (unpaired) electrons. The summed E-state index contributed by atoms with van der Waals surface area (Å²) in [6.45, 7) is 4.12. The number of hydrogen-bond donors (Lipinski definition) is 1. The van der Waals surface area contributed by atoms with E-state index in [1.165, 1.54) is 154 Å². The zero-order valence-electron chi connectivity index (χ0n) is 22.3. The first-order valence-electron chi connectivity index (χ1n) is 14.9. The average Bonchev–Trinajstić information content (AvgIpc) is 2.78. The standard InChI is InChI=1S/C30H60O2/c1-3-4-5-6-7-8-9-10-11-12-13-14-15-16-17-18-19-20-21-22-23-24-25-26-27-28-29(2)30(31)32/h29H,3-28H2,1-2H3,(H,31,32). The third-order valence-corrected chi connectivity index (χ3v) is 7.16. The van der Waals surface area contributed by atoms with Crippen molar-refractivity contribution in [1.82, 2.24) is 0 Å². The van der Waals surface area contributed by atoms with E-state index in [1.54, 1.807) is 0 Å². The summed E-state index contributed by atoms with van der Waals surface area (Å²) in [5.41, 5.74) is 0. The summed E-state index contributed by atoms with van der Waals surface area (Å²) < 4.78 is 0. The van der Waals surface area contributed by atoms with E-state index in [0.29, 0.717) is 0 Å². The number of hydrogen-bond acceptors (Lipinski definition) is 1. The topological polar surface area (TPSA) is 37.3 Å². The third kappa shape index (κ3) is 25.7. The van der Waals surface area contributed by atoms with Crippen molar-refractivity contribution >= 4 is 5.97 Å². The summed E-state index contributed by atoms with van der Waals surface area (Å²) in [6, 6.07) is 0. The van der Waals surface area contributed by atoms with Crippen molar-refractivity contribution in [2.45, 2.75) is 181 Å². The molecule has 0 aromatic heterocycles. The second-order valence-corrected chi connectivity index (χ2v) is 10.5. The van der Waals surface area contributed by atoms with E-state index in [9.17, 15) is 4.79 Å². The van der Waals surface area contributed by atoms with Crippen LogP contribution >= 0.6 is 0 Å². The maximum atomic E-state index is 10.8. The van der Waals surface area contributed by atoms with Crippen LogP contribution in [0.3, 0.4) is 0 Å². The monoisotopic (exact) mass is 452 g/mol. The largest absolute Gasteiger partial charge is 0.481 e. The van der Waals surface area contributed by atoms with Gasteiger partial charge in [0.25, 0.3) is 0 Å². The Morgan fingerprint density at radius 2 is 0.688 bits per heavy atom. The molecule has 0 bridgehead atoms. The maximum Gasteiger partial charge on any atom is 0.306 e. The quantitative estimate of drug-likeness (QED) is 0.126. The Labute approximate surface area is 202 Å². The Bertz CT molecular complexity index is 366. The van der Waals surface area contributed by atoms with Crippen LogP contribution in [0.2, 0.25) is 0 Å². The van der Waals surface area contributed by atoms with Crippen LogP contribution in [0.25, 0.3) is 0 Å². The first-order chi connectivity index (χ1) is 15.7. The summed E-state index contributed by atoms with van der Waals surface area (Å²) in [7, 11) is 0. The third-order valence-electron chi connectivity index (χ3n) is 7.16. The molecule has 0 amide bonds. The van der Waals surface area contributed by atoms with Crippen LogP contribution in [0, 0.1) is 5.92 Å². The fraction of sp³-hybridized carbons (Fsp3) is 0.967. The Morgan fingerprint density at radius 3 is 0.906 bits per heavy atom. The van der Waals surface area contributed by atoms with Gasteiger partial charge in [0, 0.05) is 0 Å². The Kier molecular flexibility index (Phi) is 26.3. The van der Waals surface area contributed by atoms with Crippen molar-refractivity contribution in [3.63, 3.8) is 0 Å². The lowest BCUT2D eigenvalue weighted by atomic mass is 10.0.